The standard InChI is InChI=1S/C10H7F4NO4/c1-19-5-3-2-4(8(16)17)7(6(5)11)15-9(18)10(12,13)14/h2-3H,1H3,(H,15,18)(H,16,17). The van der Waals surface area contributed by atoms with Crippen molar-refractivity contribution in [3.05, 3.63) is 23.5 Å². The molecular weight excluding hydrogens is 274 g/mol. The van der Waals surface area contributed by atoms with Crippen LogP contribution in [0.4, 0.5) is 23.2 Å². The van der Waals surface area contributed by atoms with Crippen molar-refractivity contribution in [1.29, 1.82) is 0 Å². The summed E-state index contributed by atoms with van der Waals surface area (Å²) in [4.78, 5) is 21.5. The summed E-state index contributed by atoms with van der Waals surface area (Å²) < 4.78 is 54.4. The molecule has 5 nitrogen and oxygen atoms in total. The van der Waals surface area contributed by atoms with Crippen LogP contribution >= 0.6 is 0 Å². The van der Waals surface area contributed by atoms with E-state index >= 15 is 0 Å². The van der Waals surface area contributed by atoms with Gasteiger partial charge >= 0.3 is 18.1 Å². The van der Waals surface area contributed by atoms with Gasteiger partial charge in [0.15, 0.2) is 11.6 Å². The highest BCUT2D eigenvalue weighted by atomic mass is 19.4. The summed E-state index contributed by atoms with van der Waals surface area (Å²) in [6, 6.07) is 1.73. The van der Waals surface area contributed by atoms with Crippen molar-refractivity contribution in [2.75, 3.05) is 12.4 Å². The van der Waals surface area contributed by atoms with Crippen molar-refractivity contribution in [1.82, 2.24) is 0 Å². The monoisotopic (exact) mass is 281 g/mol. The minimum atomic E-state index is -5.27. The highest BCUT2D eigenvalue weighted by Gasteiger charge is 2.40. The van der Waals surface area contributed by atoms with Crippen LogP contribution in [0, 0.1) is 5.82 Å². The maximum absolute atomic E-state index is 13.7. The van der Waals surface area contributed by atoms with E-state index in [0.29, 0.717) is 0 Å². The Bertz CT molecular complexity index is 527. The molecule has 0 radical (unpaired) electrons. The van der Waals surface area contributed by atoms with Crippen LogP contribution in [0.5, 0.6) is 5.75 Å². The highest BCUT2D eigenvalue weighted by Crippen LogP contribution is 2.30. The van der Waals surface area contributed by atoms with Crippen LogP contribution in [0.2, 0.25) is 0 Å². The summed E-state index contributed by atoms with van der Waals surface area (Å²) in [7, 11) is 1.04. The number of hydrogen-bond donors (Lipinski definition) is 2. The molecule has 104 valence electrons. The zero-order valence-corrected chi connectivity index (χ0v) is 9.34. The van der Waals surface area contributed by atoms with E-state index in [4.69, 9.17) is 5.11 Å². The number of carbonyl (C=O) groups excluding carboxylic acids is 1. The Kier molecular flexibility index (Phi) is 3.98. The number of carboxylic acid groups (broad SMARTS) is 1. The van der Waals surface area contributed by atoms with Crippen molar-refractivity contribution in [3.63, 3.8) is 0 Å². The Hall–Kier alpha value is -2.32. The van der Waals surface area contributed by atoms with Gasteiger partial charge in [0, 0.05) is 0 Å². The van der Waals surface area contributed by atoms with Gasteiger partial charge < -0.3 is 15.2 Å². The van der Waals surface area contributed by atoms with Crippen molar-refractivity contribution >= 4 is 17.6 Å². The second-order valence-corrected chi connectivity index (χ2v) is 3.26. The summed E-state index contributed by atoms with van der Waals surface area (Å²) in [5.74, 6) is -6.08. The molecule has 1 aromatic carbocycles. The molecule has 0 saturated heterocycles. The quantitative estimate of drug-likeness (QED) is 0.831. The lowest BCUT2D eigenvalue weighted by Gasteiger charge is -2.13. The van der Waals surface area contributed by atoms with Gasteiger partial charge in [0.05, 0.1) is 18.4 Å². The van der Waals surface area contributed by atoms with Gasteiger partial charge in [-0.1, -0.05) is 0 Å². The predicted octanol–water partition coefficient (Wildman–Crippen LogP) is 2.03. The molecule has 0 saturated carbocycles. The number of methoxy groups -OCH3 is 1. The molecule has 0 heterocycles. The summed E-state index contributed by atoms with van der Waals surface area (Å²) in [6.45, 7) is 0. The Morgan fingerprint density at radius 3 is 2.32 bits per heavy atom. The average Bonchev–Trinajstić information content (AvgIpc) is 2.29. The lowest BCUT2D eigenvalue weighted by Crippen LogP contribution is -2.31. The second-order valence-electron chi connectivity index (χ2n) is 3.26. The first-order chi connectivity index (χ1) is 8.68. The molecule has 0 bridgehead atoms. The molecule has 9 heteroatoms. The van der Waals surface area contributed by atoms with Crippen LogP contribution < -0.4 is 10.1 Å². The number of ether oxygens (including phenoxy) is 1. The van der Waals surface area contributed by atoms with E-state index in [-0.39, 0.29) is 0 Å². The summed E-state index contributed by atoms with van der Waals surface area (Å²) in [6.07, 6.45) is -5.27. The van der Waals surface area contributed by atoms with Gasteiger partial charge in [0.25, 0.3) is 0 Å². The van der Waals surface area contributed by atoms with Gasteiger partial charge in [0.2, 0.25) is 0 Å². The molecule has 0 spiro atoms. The van der Waals surface area contributed by atoms with Crippen molar-refractivity contribution in [2.45, 2.75) is 6.18 Å². The van der Waals surface area contributed by atoms with E-state index in [1.807, 2.05) is 0 Å². The van der Waals surface area contributed by atoms with E-state index < -0.39 is 40.9 Å². The molecule has 2 N–H and O–H groups in total. The van der Waals surface area contributed by atoms with E-state index in [0.717, 1.165) is 19.2 Å². The predicted molar refractivity (Wildman–Crippen MR) is 54.6 cm³/mol. The van der Waals surface area contributed by atoms with Gasteiger partial charge in [-0.05, 0) is 12.1 Å². The number of hydrogen-bond acceptors (Lipinski definition) is 3. The van der Waals surface area contributed by atoms with Gasteiger partial charge in [-0.2, -0.15) is 13.2 Å². The molecule has 0 unspecified atom stereocenters. The van der Waals surface area contributed by atoms with Crippen LogP contribution in [0.25, 0.3) is 0 Å². The van der Waals surface area contributed by atoms with E-state index in [1.54, 1.807) is 0 Å². The lowest BCUT2D eigenvalue weighted by atomic mass is 10.1. The number of rotatable bonds is 3. The van der Waals surface area contributed by atoms with E-state index in [1.165, 1.54) is 5.32 Å². The molecule has 0 aliphatic carbocycles. The fourth-order valence-electron chi connectivity index (χ4n) is 1.20. The van der Waals surface area contributed by atoms with Crippen LogP contribution in [0.3, 0.4) is 0 Å². The number of benzene rings is 1. The molecule has 1 aromatic rings. The van der Waals surface area contributed by atoms with Crippen LogP contribution in [0.1, 0.15) is 10.4 Å². The Labute approximate surface area is 103 Å². The molecular formula is C10H7F4NO4. The smallest absolute Gasteiger partial charge is 0.471 e. The highest BCUT2D eigenvalue weighted by molar-refractivity contribution is 6.02. The van der Waals surface area contributed by atoms with Gasteiger partial charge in [-0.3, -0.25) is 4.79 Å². The maximum atomic E-state index is 13.7. The van der Waals surface area contributed by atoms with E-state index in [2.05, 4.69) is 4.74 Å². The number of nitrogens with one attached hydrogen (secondary N) is 1. The molecule has 0 atom stereocenters. The Morgan fingerprint density at radius 1 is 1.32 bits per heavy atom. The van der Waals surface area contributed by atoms with Gasteiger partial charge in [0.1, 0.15) is 0 Å². The number of aromatic carboxylic acids is 1. The fourth-order valence-corrected chi connectivity index (χ4v) is 1.20. The molecule has 19 heavy (non-hydrogen) atoms. The van der Waals surface area contributed by atoms with Crippen LogP contribution in [-0.2, 0) is 4.79 Å². The zero-order chi connectivity index (χ0) is 14.8. The number of anilines is 1. The Morgan fingerprint density at radius 2 is 1.89 bits per heavy atom. The third kappa shape index (κ3) is 3.12. The van der Waals surface area contributed by atoms with Gasteiger partial charge in [-0.15, -0.1) is 0 Å². The second kappa shape index (κ2) is 5.12. The first-order valence-corrected chi connectivity index (χ1v) is 4.66. The fraction of sp³-hybridized carbons (Fsp3) is 0.200. The van der Waals surface area contributed by atoms with E-state index in [9.17, 15) is 27.2 Å². The molecule has 0 aliphatic rings. The first kappa shape index (κ1) is 14.7. The SMILES string of the molecule is COc1ccc(C(=O)O)c(NC(=O)C(F)(F)F)c1F. The molecule has 0 aromatic heterocycles. The van der Waals surface area contributed by atoms with Crippen molar-refractivity contribution < 1.29 is 37.0 Å². The molecule has 1 amide bonds. The van der Waals surface area contributed by atoms with Crippen LogP contribution in [-0.4, -0.2) is 30.3 Å². The molecule has 1 rings (SSSR count). The number of alkyl halides is 3. The molecule has 0 fully saturated rings. The third-order valence-corrected chi connectivity index (χ3v) is 2.05. The third-order valence-electron chi connectivity index (χ3n) is 2.05. The number of carbonyl (C=O) groups is 2. The Balaban J connectivity index is 3.30. The number of amides is 1. The topological polar surface area (TPSA) is 75.6 Å². The first-order valence-electron chi connectivity index (χ1n) is 4.66. The van der Waals surface area contributed by atoms with Crippen LogP contribution in [0.15, 0.2) is 12.1 Å². The minimum absolute atomic E-state index is 0.498. The number of halogens is 4. The summed E-state index contributed by atoms with van der Waals surface area (Å²) in [5, 5.41) is 9.90. The maximum Gasteiger partial charge on any atom is 0.471 e. The minimum Gasteiger partial charge on any atom is -0.494 e. The average molecular weight is 281 g/mol. The molecule has 0 aliphatic heterocycles. The lowest BCUT2D eigenvalue weighted by molar-refractivity contribution is -0.167. The van der Waals surface area contributed by atoms with Crippen molar-refractivity contribution in [2.24, 2.45) is 0 Å². The summed E-state index contributed by atoms with van der Waals surface area (Å²) in [5.41, 5.74) is -1.93. The summed E-state index contributed by atoms with van der Waals surface area (Å²) >= 11 is 0. The number of carboxylic acids is 1. The zero-order valence-electron chi connectivity index (χ0n) is 9.34. The largest absolute Gasteiger partial charge is 0.494 e. The normalized spacial score (nSPS) is 11.0. The van der Waals surface area contributed by atoms with Crippen molar-refractivity contribution in [3.8, 4) is 5.75 Å². The van der Waals surface area contributed by atoms with Gasteiger partial charge in [-0.25, -0.2) is 9.18 Å².